The minimum absolute atomic E-state index is 0.00562. The predicted octanol–water partition coefficient (Wildman–Crippen LogP) is 2.19. The first kappa shape index (κ1) is 17.2. The van der Waals surface area contributed by atoms with Crippen molar-refractivity contribution < 1.29 is 14.6 Å². The number of pyridine rings is 1. The molecule has 0 bridgehead atoms. The average molecular weight is 341 g/mol. The monoisotopic (exact) mass is 341 g/mol. The van der Waals surface area contributed by atoms with Gasteiger partial charge >= 0.3 is 0 Å². The summed E-state index contributed by atoms with van der Waals surface area (Å²) in [5.41, 5.74) is 1.31. The number of hydrogen-bond donors (Lipinski definition) is 2. The Morgan fingerprint density at radius 1 is 1.28 bits per heavy atom. The summed E-state index contributed by atoms with van der Waals surface area (Å²) in [5, 5.41) is 13.0. The molecule has 132 valence electrons. The molecule has 1 aliphatic heterocycles. The van der Waals surface area contributed by atoms with Gasteiger partial charge in [0.1, 0.15) is 0 Å². The maximum absolute atomic E-state index is 12.4. The summed E-state index contributed by atoms with van der Waals surface area (Å²) in [6.07, 6.45) is 3.21. The number of piperidine rings is 1. The van der Waals surface area contributed by atoms with Crippen LogP contribution in [0.4, 0.5) is 0 Å². The molecule has 1 aromatic heterocycles. The van der Waals surface area contributed by atoms with Gasteiger partial charge in [0.2, 0.25) is 0 Å². The molecule has 2 aromatic rings. The molecule has 1 aliphatic rings. The summed E-state index contributed by atoms with van der Waals surface area (Å²) in [5.74, 6) is -0.334. The number of likely N-dealkylation sites (tertiary alicyclic amines) is 1. The lowest BCUT2D eigenvalue weighted by atomic mass is 10.0. The lowest BCUT2D eigenvalue weighted by molar-refractivity contribution is 0.0900. The van der Waals surface area contributed by atoms with Crippen LogP contribution >= 0.6 is 0 Å². The van der Waals surface area contributed by atoms with Crippen LogP contribution in [0.5, 0.6) is 11.5 Å². The highest BCUT2D eigenvalue weighted by Crippen LogP contribution is 2.27. The highest BCUT2D eigenvalue weighted by atomic mass is 16.5. The van der Waals surface area contributed by atoms with Crippen LogP contribution in [0.1, 0.15) is 28.9 Å². The molecule has 0 unspecified atom stereocenters. The third-order valence-corrected chi connectivity index (χ3v) is 4.49. The van der Waals surface area contributed by atoms with Crippen molar-refractivity contribution in [1.82, 2.24) is 15.2 Å². The Balaban J connectivity index is 1.53. The molecule has 0 saturated carbocycles. The first-order valence-corrected chi connectivity index (χ1v) is 8.46. The molecule has 25 heavy (non-hydrogen) atoms. The average Bonchev–Trinajstić information content (AvgIpc) is 2.64. The zero-order valence-corrected chi connectivity index (χ0v) is 14.3. The topological polar surface area (TPSA) is 74.7 Å². The predicted molar refractivity (Wildman–Crippen MR) is 94.7 cm³/mol. The molecule has 0 radical (unpaired) electrons. The molecular weight excluding hydrogens is 318 g/mol. The molecule has 6 heteroatoms. The summed E-state index contributed by atoms with van der Waals surface area (Å²) in [6.45, 7) is 2.79. The molecule has 0 spiro atoms. The van der Waals surface area contributed by atoms with Gasteiger partial charge in [0.15, 0.2) is 17.2 Å². The van der Waals surface area contributed by atoms with Gasteiger partial charge in [0.05, 0.1) is 7.11 Å². The number of carbonyl (C=O) groups excluding carboxylic acids is 1. The van der Waals surface area contributed by atoms with Crippen molar-refractivity contribution in [3.05, 3.63) is 53.9 Å². The standard InChI is InChI=1S/C19H23N3O3/c1-25-16-7-10-20-17(18(16)23)19(24)21-15-8-11-22(12-9-15)13-14-5-3-2-4-6-14/h2-7,10,15,23H,8-9,11-13H2,1H3,(H,21,24). The SMILES string of the molecule is COc1ccnc(C(=O)NC2CCN(Cc3ccccc3)CC2)c1O. The van der Waals surface area contributed by atoms with Crippen LogP contribution in [0.15, 0.2) is 42.6 Å². The number of rotatable bonds is 5. The van der Waals surface area contributed by atoms with Gasteiger partial charge < -0.3 is 15.2 Å². The van der Waals surface area contributed by atoms with E-state index in [0.29, 0.717) is 0 Å². The maximum Gasteiger partial charge on any atom is 0.274 e. The largest absolute Gasteiger partial charge is 0.503 e. The molecule has 1 amide bonds. The van der Waals surface area contributed by atoms with Gasteiger partial charge in [-0.1, -0.05) is 30.3 Å². The van der Waals surface area contributed by atoms with E-state index in [1.807, 2.05) is 6.07 Å². The van der Waals surface area contributed by atoms with E-state index in [1.165, 1.54) is 24.9 Å². The van der Waals surface area contributed by atoms with Gasteiger partial charge in [-0.25, -0.2) is 4.98 Å². The number of hydrogen-bond acceptors (Lipinski definition) is 5. The van der Waals surface area contributed by atoms with Crippen molar-refractivity contribution >= 4 is 5.91 Å². The molecule has 0 aliphatic carbocycles. The molecule has 6 nitrogen and oxygen atoms in total. The smallest absolute Gasteiger partial charge is 0.274 e. The summed E-state index contributed by atoms with van der Waals surface area (Å²) in [4.78, 5) is 18.7. The van der Waals surface area contributed by atoms with E-state index in [4.69, 9.17) is 4.74 Å². The Hall–Kier alpha value is -2.60. The molecule has 1 fully saturated rings. The fourth-order valence-corrected chi connectivity index (χ4v) is 3.10. The maximum atomic E-state index is 12.4. The molecule has 2 N–H and O–H groups in total. The van der Waals surface area contributed by atoms with Crippen molar-refractivity contribution in [3.63, 3.8) is 0 Å². The minimum atomic E-state index is -0.363. The molecular formula is C19H23N3O3. The number of benzene rings is 1. The van der Waals surface area contributed by atoms with E-state index in [0.717, 1.165) is 32.5 Å². The van der Waals surface area contributed by atoms with E-state index in [2.05, 4.69) is 39.5 Å². The second-order valence-electron chi connectivity index (χ2n) is 6.22. The molecule has 1 aromatic carbocycles. The minimum Gasteiger partial charge on any atom is -0.503 e. The summed E-state index contributed by atoms with van der Waals surface area (Å²) in [6, 6.07) is 12.0. The molecule has 0 atom stereocenters. The second kappa shape index (κ2) is 7.98. The van der Waals surface area contributed by atoms with Crippen LogP contribution in [-0.4, -0.2) is 47.1 Å². The number of nitrogens with one attached hydrogen (secondary N) is 1. The third kappa shape index (κ3) is 4.28. The normalized spacial score (nSPS) is 15.7. The Labute approximate surface area is 147 Å². The molecule has 1 saturated heterocycles. The van der Waals surface area contributed by atoms with Crippen LogP contribution < -0.4 is 10.1 Å². The molecule has 3 rings (SSSR count). The van der Waals surface area contributed by atoms with Crippen LogP contribution in [0.3, 0.4) is 0 Å². The fourth-order valence-electron chi connectivity index (χ4n) is 3.10. The highest BCUT2D eigenvalue weighted by Gasteiger charge is 2.23. The lowest BCUT2D eigenvalue weighted by Gasteiger charge is -2.32. The van der Waals surface area contributed by atoms with Crippen molar-refractivity contribution in [3.8, 4) is 11.5 Å². The van der Waals surface area contributed by atoms with E-state index in [-0.39, 0.29) is 29.1 Å². The van der Waals surface area contributed by atoms with Crippen molar-refractivity contribution in [2.45, 2.75) is 25.4 Å². The Morgan fingerprint density at radius 2 is 2.00 bits per heavy atom. The number of nitrogens with zero attached hydrogens (tertiary/aromatic N) is 2. The van der Waals surface area contributed by atoms with Crippen molar-refractivity contribution in [2.75, 3.05) is 20.2 Å². The summed E-state index contributed by atoms with van der Waals surface area (Å²) in [7, 11) is 1.44. The Kier molecular flexibility index (Phi) is 5.50. The van der Waals surface area contributed by atoms with Gasteiger partial charge in [-0.15, -0.1) is 0 Å². The number of aromatic nitrogens is 1. The fraction of sp³-hybridized carbons (Fsp3) is 0.368. The first-order valence-electron chi connectivity index (χ1n) is 8.46. The Morgan fingerprint density at radius 3 is 2.68 bits per heavy atom. The van der Waals surface area contributed by atoms with Crippen molar-refractivity contribution in [2.24, 2.45) is 0 Å². The van der Waals surface area contributed by atoms with Crippen LogP contribution in [-0.2, 0) is 6.54 Å². The number of ether oxygens (including phenoxy) is 1. The van der Waals surface area contributed by atoms with E-state index >= 15 is 0 Å². The van der Waals surface area contributed by atoms with Gasteiger partial charge in [-0.3, -0.25) is 9.69 Å². The van der Waals surface area contributed by atoms with E-state index in [1.54, 1.807) is 0 Å². The second-order valence-corrected chi connectivity index (χ2v) is 6.22. The van der Waals surface area contributed by atoms with E-state index < -0.39 is 0 Å². The third-order valence-electron chi connectivity index (χ3n) is 4.49. The van der Waals surface area contributed by atoms with Gasteiger partial charge in [-0.05, 0) is 18.4 Å². The zero-order valence-electron chi connectivity index (χ0n) is 14.3. The van der Waals surface area contributed by atoms with Crippen LogP contribution in [0.25, 0.3) is 0 Å². The van der Waals surface area contributed by atoms with Crippen molar-refractivity contribution in [1.29, 1.82) is 0 Å². The lowest BCUT2D eigenvalue weighted by Crippen LogP contribution is -2.44. The highest BCUT2D eigenvalue weighted by molar-refractivity contribution is 5.95. The van der Waals surface area contributed by atoms with Gasteiger partial charge in [0, 0.05) is 37.9 Å². The number of carbonyl (C=O) groups is 1. The zero-order chi connectivity index (χ0) is 17.6. The van der Waals surface area contributed by atoms with Crippen LogP contribution in [0, 0.1) is 0 Å². The van der Waals surface area contributed by atoms with E-state index in [9.17, 15) is 9.90 Å². The summed E-state index contributed by atoms with van der Waals surface area (Å²) >= 11 is 0. The number of methoxy groups -OCH3 is 1. The number of amides is 1. The van der Waals surface area contributed by atoms with Crippen LogP contribution in [0.2, 0.25) is 0 Å². The summed E-state index contributed by atoms with van der Waals surface area (Å²) < 4.78 is 5.02. The Bertz CT molecular complexity index is 713. The van der Waals surface area contributed by atoms with Gasteiger partial charge in [-0.2, -0.15) is 0 Å². The quantitative estimate of drug-likeness (QED) is 0.872. The molecule has 2 heterocycles. The van der Waals surface area contributed by atoms with Gasteiger partial charge in [0.25, 0.3) is 5.91 Å². The number of aromatic hydroxyl groups is 1. The first-order chi connectivity index (χ1) is 12.2.